The summed E-state index contributed by atoms with van der Waals surface area (Å²) >= 11 is 5.96. The Balaban J connectivity index is 0.000000515. The van der Waals surface area contributed by atoms with Gasteiger partial charge < -0.3 is 20.3 Å². The zero-order chi connectivity index (χ0) is 32.4. The van der Waals surface area contributed by atoms with Crippen molar-refractivity contribution in [2.75, 3.05) is 10.6 Å². The van der Waals surface area contributed by atoms with Crippen LogP contribution in [0.2, 0.25) is 5.02 Å². The van der Waals surface area contributed by atoms with Crippen LogP contribution in [0.5, 0.6) is 0 Å². The van der Waals surface area contributed by atoms with Crippen LogP contribution in [0.1, 0.15) is 29.3 Å². The first kappa shape index (κ1) is 31.5. The van der Waals surface area contributed by atoms with Gasteiger partial charge in [0.1, 0.15) is 11.6 Å². The van der Waals surface area contributed by atoms with Crippen LogP contribution in [-0.4, -0.2) is 51.8 Å². The van der Waals surface area contributed by atoms with Crippen molar-refractivity contribution < 1.29 is 36.2 Å². The fraction of sp³-hybridized carbons (Fsp3) is 0.259. The average Bonchev–Trinajstić information content (AvgIpc) is 3.73. The Labute approximate surface area is 254 Å². The monoisotopic (exact) mass is 653 g/mol. The van der Waals surface area contributed by atoms with Gasteiger partial charge in [0.05, 0.1) is 35.6 Å². The van der Waals surface area contributed by atoms with Crippen LogP contribution in [0.3, 0.4) is 0 Å². The second kappa shape index (κ2) is 12.6. The largest absolute Gasteiger partial charge is 0.490 e. The lowest BCUT2D eigenvalue weighted by atomic mass is 10.1. The molecule has 1 aliphatic rings. The molecule has 236 valence electrons. The molecule has 0 atom stereocenters. The first-order valence-electron chi connectivity index (χ1n) is 13.2. The number of halogens is 7. The highest BCUT2D eigenvalue weighted by Gasteiger charge is 2.38. The summed E-state index contributed by atoms with van der Waals surface area (Å²) in [6.07, 6.45) is -5.88. The van der Waals surface area contributed by atoms with Crippen molar-refractivity contribution in [3.8, 4) is 5.69 Å². The minimum Gasteiger partial charge on any atom is -0.475 e. The fourth-order valence-electron chi connectivity index (χ4n) is 4.39. The van der Waals surface area contributed by atoms with E-state index in [-0.39, 0.29) is 18.0 Å². The number of carboxylic acid groups (broad SMARTS) is 1. The minimum absolute atomic E-state index is 0.165. The van der Waals surface area contributed by atoms with Crippen molar-refractivity contribution in [2.45, 2.75) is 44.8 Å². The molecular formula is C27H22ClF6N9O2. The second-order valence-electron chi connectivity index (χ2n) is 9.65. The van der Waals surface area contributed by atoms with E-state index in [1.54, 1.807) is 23.0 Å². The molecule has 0 fully saturated rings. The van der Waals surface area contributed by atoms with E-state index >= 15 is 0 Å². The lowest BCUT2D eigenvalue weighted by molar-refractivity contribution is -0.192. The van der Waals surface area contributed by atoms with Crippen LogP contribution in [-0.2, 0) is 37.0 Å². The van der Waals surface area contributed by atoms with Crippen LogP contribution < -0.4 is 10.6 Å². The number of fused-ring (bicyclic) bond motifs is 2. The SMILES string of the molecule is FC(F)(F)c1ccc2c(NCc3nnc4n3CCC4)nc(NCc3ccn(-c4ccc(Cl)cc4)n3)nc2c1.O=C(O)C(F)(F)F. The number of rotatable bonds is 7. The molecule has 0 saturated carbocycles. The van der Waals surface area contributed by atoms with E-state index in [4.69, 9.17) is 21.5 Å². The van der Waals surface area contributed by atoms with Gasteiger partial charge in [0.25, 0.3) is 0 Å². The summed E-state index contributed by atoms with van der Waals surface area (Å²) in [5.74, 6) is -0.504. The van der Waals surface area contributed by atoms with E-state index in [9.17, 15) is 26.3 Å². The number of carboxylic acids is 1. The standard InChI is InChI=1S/C25H21ClF3N9.C2HF3O2/c26-16-4-6-18(7-5-16)38-11-9-17(36-38)13-31-24-32-20-12-15(25(27,28)29)3-8-19(20)23(33-24)30-14-22-35-34-21-2-1-10-37(21)22;3-2(4,5)1(6)7/h3-9,11-12H,1-2,10,13-14H2,(H2,30,31,32,33);(H,6,7). The van der Waals surface area contributed by atoms with Crippen molar-refractivity contribution >= 4 is 40.2 Å². The average molecular weight is 654 g/mol. The van der Waals surface area contributed by atoms with E-state index in [0.717, 1.165) is 48.9 Å². The van der Waals surface area contributed by atoms with Crippen molar-refractivity contribution in [3.63, 3.8) is 0 Å². The van der Waals surface area contributed by atoms with Crippen molar-refractivity contribution in [1.82, 2.24) is 34.5 Å². The molecule has 3 aromatic heterocycles. The summed E-state index contributed by atoms with van der Waals surface area (Å²) in [7, 11) is 0. The second-order valence-corrected chi connectivity index (χ2v) is 10.1. The zero-order valence-corrected chi connectivity index (χ0v) is 23.6. The van der Waals surface area contributed by atoms with Crippen LogP contribution in [0.15, 0.2) is 54.7 Å². The van der Waals surface area contributed by atoms with Crippen LogP contribution in [0.25, 0.3) is 16.6 Å². The molecule has 6 rings (SSSR count). The van der Waals surface area contributed by atoms with Crippen molar-refractivity contribution in [1.29, 1.82) is 0 Å². The lowest BCUT2D eigenvalue weighted by Gasteiger charge is -2.13. The number of aromatic nitrogens is 7. The number of nitrogens with one attached hydrogen (secondary N) is 2. The zero-order valence-electron chi connectivity index (χ0n) is 22.9. The minimum atomic E-state index is -5.08. The highest BCUT2D eigenvalue weighted by molar-refractivity contribution is 6.30. The molecule has 2 aromatic carbocycles. The Morgan fingerprint density at radius 1 is 0.956 bits per heavy atom. The molecule has 1 aliphatic heterocycles. The van der Waals surface area contributed by atoms with Gasteiger partial charge in [0.2, 0.25) is 5.95 Å². The van der Waals surface area contributed by atoms with Crippen LogP contribution in [0.4, 0.5) is 38.1 Å². The Kier molecular flexibility index (Phi) is 8.81. The number of anilines is 2. The van der Waals surface area contributed by atoms with Gasteiger partial charge in [-0.1, -0.05) is 11.6 Å². The van der Waals surface area contributed by atoms with Gasteiger partial charge in [0.15, 0.2) is 5.82 Å². The highest BCUT2D eigenvalue weighted by atomic mass is 35.5. The summed E-state index contributed by atoms with van der Waals surface area (Å²) in [5, 5.41) is 27.5. The van der Waals surface area contributed by atoms with Crippen LogP contribution in [0, 0.1) is 0 Å². The number of benzene rings is 2. The van der Waals surface area contributed by atoms with Gasteiger partial charge in [-0.15, -0.1) is 10.2 Å². The quantitative estimate of drug-likeness (QED) is 0.184. The predicted molar refractivity (Wildman–Crippen MR) is 150 cm³/mol. The molecule has 0 unspecified atom stereocenters. The molecule has 0 saturated heterocycles. The molecule has 0 aliphatic carbocycles. The molecule has 45 heavy (non-hydrogen) atoms. The van der Waals surface area contributed by atoms with Crippen LogP contribution >= 0.6 is 11.6 Å². The summed E-state index contributed by atoms with van der Waals surface area (Å²) < 4.78 is 75.7. The molecule has 3 N–H and O–H groups in total. The highest BCUT2D eigenvalue weighted by Crippen LogP contribution is 2.33. The van der Waals surface area contributed by atoms with Gasteiger partial charge >= 0.3 is 18.3 Å². The van der Waals surface area contributed by atoms with Gasteiger partial charge in [-0.2, -0.15) is 36.4 Å². The van der Waals surface area contributed by atoms with E-state index in [0.29, 0.717) is 28.5 Å². The Morgan fingerprint density at radius 2 is 1.69 bits per heavy atom. The number of aryl methyl sites for hydroxylation is 1. The van der Waals surface area contributed by atoms with Gasteiger partial charge in [-0.25, -0.2) is 14.5 Å². The number of aliphatic carboxylic acids is 1. The third-order valence-electron chi connectivity index (χ3n) is 6.53. The number of carbonyl (C=O) groups is 1. The van der Waals surface area contributed by atoms with Gasteiger partial charge in [-0.3, -0.25) is 0 Å². The summed E-state index contributed by atoms with van der Waals surface area (Å²) in [4.78, 5) is 17.8. The maximum Gasteiger partial charge on any atom is 0.490 e. The van der Waals surface area contributed by atoms with E-state index in [1.807, 2.05) is 22.8 Å². The van der Waals surface area contributed by atoms with E-state index in [2.05, 4.69) is 35.9 Å². The molecule has 4 heterocycles. The Morgan fingerprint density at radius 3 is 2.38 bits per heavy atom. The Hall–Kier alpha value is -4.93. The molecule has 0 bridgehead atoms. The maximum atomic E-state index is 13.4. The fourth-order valence-corrected chi connectivity index (χ4v) is 4.51. The summed E-state index contributed by atoms with van der Waals surface area (Å²) in [6.45, 7) is 1.43. The van der Waals surface area contributed by atoms with Crippen molar-refractivity contribution in [3.05, 3.63) is 82.7 Å². The normalized spacial score (nSPS) is 12.9. The molecule has 18 heteroatoms. The third-order valence-corrected chi connectivity index (χ3v) is 6.78. The molecule has 0 spiro atoms. The smallest absolute Gasteiger partial charge is 0.475 e. The topological polar surface area (TPSA) is 136 Å². The Bertz CT molecular complexity index is 1820. The number of hydrogen-bond donors (Lipinski definition) is 3. The number of alkyl halides is 6. The molecular weight excluding hydrogens is 632 g/mol. The van der Waals surface area contributed by atoms with E-state index in [1.165, 1.54) is 6.07 Å². The lowest BCUT2D eigenvalue weighted by Crippen LogP contribution is -2.21. The summed E-state index contributed by atoms with van der Waals surface area (Å²) in [5.41, 5.74) is 0.922. The molecule has 0 amide bonds. The third kappa shape index (κ3) is 7.60. The summed E-state index contributed by atoms with van der Waals surface area (Å²) in [6, 6.07) is 12.5. The molecule has 5 aromatic rings. The van der Waals surface area contributed by atoms with E-state index < -0.39 is 23.9 Å². The van der Waals surface area contributed by atoms with Gasteiger partial charge in [-0.05, 0) is 55.0 Å². The number of hydrogen-bond acceptors (Lipinski definition) is 8. The first-order chi connectivity index (χ1) is 21.3. The molecule has 11 nitrogen and oxygen atoms in total. The van der Waals surface area contributed by atoms with Gasteiger partial charge in [0, 0.05) is 29.6 Å². The number of nitrogens with zero attached hydrogens (tertiary/aromatic N) is 7. The maximum absolute atomic E-state index is 13.4. The predicted octanol–water partition coefficient (Wildman–Crippen LogP) is 5.88. The van der Waals surface area contributed by atoms with Crippen molar-refractivity contribution in [2.24, 2.45) is 0 Å². The molecule has 0 radical (unpaired) electrons. The first-order valence-corrected chi connectivity index (χ1v) is 13.5.